The summed E-state index contributed by atoms with van der Waals surface area (Å²) in [6.45, 7) is 0. The molecule has 0 unspecified atom stereocenters. The Kier molecular flexibility index (Phi) is 2.22. The van der Waals surface area contributed by atoms with Crippen molar-refractivity contribution in [2.75, 3.05) is 19.0 Å². The largest absolute Gasteiger partial charge is 0.362 e. The molecule has 0 saturated carbocycles. The molecule has 0 N–H and O–H groups in total. The number of nitrogens with zero attached hydrogens (tertiary/aromatic N) is 4. The summed E-state index contributed by atoms with van der Waals surface area (Å²) in [6.07, 6.45) is 1.70. The zero-order valence-electron chi connectivity index (χ0n) is 8.60. The maximum Gasteiger partial charge on any atom is 0.161 e. The Labute approximate surface area is 87.8 Å². The van der Waals surface area contributed by atoms with Crippen molar-refractivity contribution < 1.29 is 0 Å². The molecule has 0 radical (unpaired) electrons. The third kappa shape index (κ3) is 1.59. The second kappa shape index (κ2) is 3.54. The monoisotopic (exact) mass is 198 g/mol. The predicted octanol–water partition coefficient (Wildman–Crippen LogP) is 1.57. The highest BCUT2D eigenvalue weighted by molar-refractivity contribution is 5.79. The van der Waals surface area contributed by atoms with Crippen LogP contribution in [0.2, 0.25) is 0 Å². The summed E-state index contributed by atoms with van der Waals surface area (Å²) in [5.74, 6) is 0.656. The summed E-state index contributed by atoms with van der Waals surface area (Å²) < 4.78 is 0. The highest BCUT2D eigenvalue weighted by Gasteiger charge is 2.08. The van der Waals surface area contributed by atoms with Crippen LogP contribution >= 0.6 is 0 Å². The summed E-state index contributed by atoms with van der Waals surface area (Å²) in [5.41, 5.74) is 1.24. The van der Waals surface area contributed by atoms with Crippen molar-refractivity contribution in [1.82, 2.24) is 9.97 Å². The minimum Gasteiger partial charge on any atom is -0.362 e. The standard InChI is InChI=1S/C11H10N4/c1-15(2)11-9(7-12)6-8-4-3-5-13-10(8)14-11/h3-6H,1-2H3. The van der Waals surface area contributed by atoms with Gasteiger partial charge in [0.05, 0.1) is 5.56 Å². The van der Waals surface area contributed by atoms with Crippen LogP contribution < -0.4 is 4.90 Å². The van der Waals surface area contributed by atoms with E-state index in [9.17, 15) is 0 Å². The molecule has 0 bridgehead atoms. The normalized spacial score (nSPS) is 9.93. The summed E-state index contributed by atoms with van der Waals surface area (Å²) >= 11 is 0. The lowest BCUT2D eigenvalue weighted by molar-refractivity contribution is 1.07. The maximum absolute atomic E-state index is 8.99. The summed E-state index contributed by atoms with van der Waals surface area (Å²) in [5, 5.41) is 9.88. The molecule has 2 aromatic heterocycles. The van der Waals surface area contributed by atoms with E-state index in [1.165, 1.54) is 0 Å². The van der Waals surface area contributed by atoms with E-state index in [4.69, 9.17) is 5.26 Å². The van der Waals surface area contributed by atoms with Crippen molar-refractivity contribution in [1.29, 1.82) is 5.26 Å². The third-order valence-electron chi connectivity index (χ3n) is 2.11. The van der Waals surface area contributed by atoms with E-state index in [1.807, 2.05) is 37.2 Å². The average Bonchev–Trinajstić information content (AvgIpc) is 2.27. The van der Waals surface area contributed by atoms with Gasteiger partial charge in [0, 0.05) is 25.7 Å². The Bertz CT molecular complexity index is 540. The van der Waals surface area contributed by atoms with E-state index >= 15 is 0 Å². The second-order valence-corrected chi connectivity index (χ2v) is 3.42. The van der Waals surface area contributed by atoms with Gasteiger partial charge >= 0.3 is 0 Å². The predicted molar refractivity (Wildman–Crippen MR) is 58.6 cm³/mol. The van der Waals surface area contributed by atoms with E-state index in [-0.39, 0.29) is 0 Å². The molecule has 0 saturated heterocycles. The van der Waals surface area contributed by atoms with Gasteiger partial charge in [0.25, 0.3) is 0 Å². The summed E-state index contributed by atoms with van der Waals surface area (Å²) in [7, 11) is 3.72. The number of aromatic nitrogens is 2. The Morgan fingerprint density at radius 1 is 1.40 bits per heavy atom. The molecule has 0 fully saturated rings. The molecule has 4 nitrogen and oxygen atoms in total. The third-order valence-corrected chi connectivity index (χ3v) is 2.11. The van der Waals surface area contributed by atoms with Crippen LogP contribution in [0.15, 0.2) is 24.4 Å². The minimum atomic E-state index is 0.570. The highest BCUT2D eigenvalue weighted by Crippen LogP contribution is 2.19. The molecule has 2 heterocycles. The van der Waals surface area contributed by atoms with Crippen molar-refractivity contribution >= 4 is 16.9 Å². The molecule has 2 aromatic rings. The van der Waals surface area contributed by atoms with Crippen molar-refractivity contribution in [3.63, 3.8) is 0 Å². The van der Waals surface area contributed by atoms with Gasteiger partial charge in [0.2, 0.25) is 0 Å². The summed E-state index contributed by atoms with van der Waals surface area (Å²) in [6, 6.07) is 7.68. The fraction of sp³-hybridized carbons (Fsp3) is 0.182. The first-order valence-corrected chi connectivity index (χ1v) is 4.55. The Morgan fingerprint density at radius 3 is 2.87 bits per heavy atom. The van der Waals surface area contributed by atoms with Crippen LogP contribution in [0.1, 0.15) is 5.56 Å². The SMILES string of the molecule is CN(C)c1nc2ncccc2cc1C#N. The molecule has 4 heteroatoms. The molecule has 0 aromatic carbocycles. The smallest absolute Gasteiger partial charge is 0.161 e. The van der Waals surface area contributed by atoms with Gasteiger partial charge in [-0.15, -0.1) is 0 Å². The van der Waals surface area contributed by atoms with E-state index in [1.54, 1.807) is 6.20 Å². The van der Waals surface area contributed by atoms with Crippen LogP contribution in [0.4, 0.5) is 5.82 Å². The zero-order chi connectivity index (χ0) is 10.8. The fourth-order valence-electron chi connectivity index (χ4n) is 1.42. The molecule has 0 aliphatic carbocycles. The molecule has 0 aliphatic heterocycles. The minimum absolute atomic E-state index is 0.570. The van der Waals surface area contributed by atoms with E-state index < -0.39 is 0 Å². The number of nitriles is 1. The topological polar surface area (TPSA) is 52.8 Å². The van der Waals surface area contributed by atoms with Crippen molar-refractivity contribution in [2.24, 2.45) is 0 Å². The number of hydrogen-bond donors (Lipinski definition) is 0. The highest BCUT2D eigenvalue weighted by atomic mass is 15.1. The average molecular weight is 198 g/mol. The van der Waals surface area contributed by atoms with Gasteiger partial charge in [0.1, 0.15) is 11.9 Å². The second-order valence-electron chi connectivity index (χ2n) is 3.42. The van der Waals surface area contributed by atoms with E-state index in [2.05, 4.69) is 16.0 Å². The Hall–Kier alpha value is -2.15. The lowest BCUT2D eigenvalue weighted by Crippen LogP contribution is -2.12. The van der Waals surface area contributed by atoms with Gasteiger partial charge in [-0.2, -0.15) is 5.26 Å². The first-order chi connectivity index (χ1) is 7.22. The van der Waals surface area contributed by atoms with Gasteiger partial charge in [-0.25, -0.2) is 9.97 Å². The number of pyridine rings is 2. The van der Waals surface area contributed by atoms with Gasteiger partial charge in [-0.1, -0.05) is 0 Å². The number of anilines is 1. The molecule has 74 valence electrons. The number of hydrogen-bond acceptors (Lipinski definition) is 4. The van der Waals surface area contributed by atoms with Gasteiger partial charge < -0.3 is 4.90 Å². The van der Waals surface area contributed by atoms with Crippen molar-refractivity contribution in [2.45, 2.75) is 0 Å². The van der Waals surface area contributed by atoms with Crippen molar-refractivity contribution in [3.05, 3.63) is 30.0 Å². The van der Waals surface area contributed by atoms with Gasteiger partial charge in [0.15, 0.2) is 5.65 Å². The molecule has 0 aliphatic rings. The Morgan fingerprint density at radius 2 is 2.20 bits per heavy atom. The quantitative estimate of drug-likeness (QED) is 0.697. The van der Waals surface area contributed by atoms with Crippen LogP contribution in [-0.2, 0) is 0 Å². The molecular formula is C11H10N4. The molecule has 0 spiro atoms. The van der Waals surface area contributed by atoms with Crippen LogP contribution in [0.25, 0.3) is 11.0 Å². The Balaban J connectivity index is 2.76. The lowest BCUT2D eigenvalue weighted by Gasteiger charge is -2.12. The molecule has 0 atom stereocenters. The first kappa shape index (κ1) is 9.41. The number of fused-ring (bicyclic) bond motifs is 1. The summed E-state index contributed by atoms with van der Waals surface area (Å²) in [4.78, 5) is 10.3. The maximum atomic E-state index is 8.99. The van der Waals surface area contributed by atoms with E-state index in [0.717, 1.165) is 5.39 Å². The first-order valence-electron chi connectivity index (χ1n) is 4.55. The van der Waals surface area contributed by atoms with Crippen molar-refractivity contribution in [3.8, 4) is 6.07 Å². The molecule has 2 rings (SSSR count). The number of rotatable bonds is 1. The fourth-order valence-corrected chi connectivity index (χ4v) is 1.42. The van der Waals surface area contributed by atoms with Crippen LogP contribution in [0.5, 0.6) is 0 Å². The van der Waals surface area contributed by atoms with Crippen LogP contribution in [-0.4, -0.2) is 24.1 Å². The molecular weight excluding hydrogens is 188 g/mol. The zero-order valence-corrected chi connectivity index (χ0v) is 8.60. The van der Waals surface area contributed by atoms with Gasteiger partial charge in [-0.05, 0) is 18.2 Å². The van der Waals surface area contributed by atoms with E-state index in [0.29, 0.717) is 17.0 Å². The van der Waals surface area contributed by atoms with Gasteiger partial charge in [-0.3, -0.25) is 0 Å². The molecule has 0 amide bonds. The van der Waals surface area contributed by atoms with Crippen LogP contribution in [0, 0.1) is 11.3 Å². The van der Waals surface area contributed by atoms with Crippen LogP contribution in [0.3, 0.4) is 0 Å². The molecule has 15 heavy (non-hydrogen) atoms. The lowest BCUT2D eigenvalue weighted by atomic mass is 10.2.